The van der Waals surface area contributed by atoms with Crippen LogP contribution in [-0.4, -0.2) is 63.5 Å². The number of likely N-dealkylation sites (N-methyl/N-ethyl adjacent to an activating group) is 2. The van der Waals surface area contributed by atoms with E-state index in [4.69, 9.17) is 20.9 Å². The third kappa shape index (κ3) is 6.80. The van der Waals surface area contributed by atoms with Gasteiger partial charge in [-0.3, -0.25) is 0 Å². The third-order valence-corrected chi connectivity index (χ3v) is 5.34. The van der Waals surface area contributed by atoms with Gasteiger partial charge in [0.1, 0.15) is 25.3 Å². The van der Waals surface area contributed by atoms with Gasteiger partial charge < -0.3 is 30.7 Å². The number of para-hydroxylation sites is 2. The second-order valence-corrected chi connectivity index (χ2v) is 7.61. The molecule has 0 radical (unpaired) electrons. The number of benzene rings is 2. The molecule has 0 fully saturated rings. The summed E-state index contributed by atoms with van der Waals surface area (Å²) in [5.74, 6) is 0. The van der Waals surface area contributed by atoms with Crippen LogP contribution in [0, 0.1) is 0 Å². The highest BCUT2D eigenvalue weighted by Crippen LogP contribution is 2.16. The number of nitrogens with zero attached hydrogens (tertiary/aromatic N) is 4. The van der Waals surface area contributed by atoms with Gasteiger partial charge in [-0.25, -0.2) is 9.98 Å². The van der Waals surface area contributed by atoms with E-state index in [9.17, 15) is 0 Å². The molecule has 172 valence electrons. The first-order chi connectivity index (χ1) is 15.6. The maximum atomic E-state index is 5.49. The lowest BCUT2D eigenvalue weighted by Crippen LogP contribution is -2.32. The fourth-order valence-corrected chi connectivity index (χ4v) is 3.68. The highest BCUT2D eigenvalue weighted by molar-refractivity contribution is 5.73. The molecular weight excluding hydrogens is 404 g/mol. The molecule has 2 atom stereocenters. The van der Waals surface area contributed by atoms with Crippen molar-refractivity contribution in [3.05, 3.63) is 60.7 Å². The first kappa shape index (κ1) is 23.2. The molecule has 8 nitrogen and oxygen atoms in total. The average molecular weight is 439 g/mol. The number of amidine groups is 2. The summed E-state index contributed by atoms with van der Waals surface area (Å²) in [5, 5.41) is 0. The highest BCUT2D eigenvalue weighted by Gasteiger charge is 2.20. The molecule has 0 spiro atoms. The molecule has 0 aromatic heterocycles. The molecule has 0 saturated carbocycles. The Labute approximate surface area is 190 Å². The Balaban J connectivity index is 0.000000181. The number of hydrogen-bond donors (Lipinski definition) is 2. The van der Waals surface area contributed by atoms with Gasteiger partial charge in [-0.1, -0.05) is 36.4 Å². The molecule has 2 heterocycles. The molecule has 0 unspecified atom stereocenters. The lowest BCUT2D eigenvalue weighted by Gasteiger charge is -2.24. The van der Waals surface area contributed by atoms with Crippen molar-refractivity contribution in [1.82, 2.24) is 0 Å². The van der Waals surface area contributed by atoms with Crippen LogP contribution in [0.3, 0.4) is 0 Å². The first-order valence-electron chi connectivity index (χ1n) is 11.1. The van der Waals surface area contributed by atoms with Crippen LogP contribution >= 0.6 is 0 Å². The van der Waals surface area contributed by atoms with E-state index in [1.807, 2.05) is 36.4 Å². The van der Waals surface area contributed by atoms with E-state index < -0.39 is 0 Å². The van der Waals surface area contributed by atoms with Crippen molar-refractivity contribution in [2.75, 3.05) is 49.2 Å². The van der Waals surface area contributed by atoms with E-state index in [-0.39, 0.29) is 12.1 Å². The number of ether oxygens (including phenoxy) is 2. The van der Waals surface area contributed by atoms with Gasteiger partial charge in [-0.05, 0) is 38.1 Å². The zero-order valence-electron chi connectivity index (χ0n) is 18.9. The Morgan fingerprint density at radius 2 is 1.09 bits per heavy atom. The molecule has 2 aromatic carbocycles. The number of aliphatic imine (C=N–C) groups is 2. The quantitative estimate of drug-likeness (QED) is 0.656. The van der Waals surface area contributed by atoms with Crippen molar-refractivity contribution >= 4 is 23.4 Å². The standard InChI is InChI=1S/2C12H17N3O/c2*1-2-15(11-6-4-3-5-7-11)8-10-9-16-12(13)14-10/h2*3-7,10H,2,8-9H2,1H3,(H2,13,14)/t2*10-/m10/s1. The molecule has 2 aliphatic heterocycles. The largest absolute Gasteiger partial charge is 0.463 e. The van der Waals surface area contributed by atoms with Crippen molar-refractivity contribution in [2.45, 2.75) is 25.9 Å². The second-order valence-electron chi connectivity index (χ2n) is 7.61. The Bertz CT molecular complexity index is 801. The molecule has 4 rings (SSSR count). The lowest BCUT2D eigenvalue weighted by atomic mass is 10.2. The van der Waals surface area contributed by atoms with Crippen LogP contribution in [0.2, 0.25) is 0 Å². The van der Waals surface area contributed by atoms with Gasteiger partial charge in [0.25, 0.3) is 12.0 Å². The molecule has 4 N–H and O–H groups in total. The predicted molar refractivity (Wildman–Crippen MR) is 131 cm³/mol. The average Bonchev–Trinajstić information content (AvgIpc) is 3.44. The van der Waals surface area contributed by atoms with Crippen LogP contribution < -0.4 is 21.3 Å². The summed E-state index contributed by atoms with van der Waals surface area (Å²) in [4.78, 5) is 13.0. The fraction of sp³-hybridized carbons (Fsp3) is 0.417. The van der Waals surface area contributed by atoms with E-state index in [0.717, 1.165) is 26.2 Å². The zero-order valence-corrected chi connectivity index (χ0v) is 18.9. The monoisotopic (exact) mass is 438 g/mol. The summed E-state index contributed by atoms with van der Waals surface area (Å²) in [6, 6.07) is 21.6. The number of anilines is 2. The highest BCUT2D eigenvalue weighted by atomic mass is 16.5. The number of nitrogens with two attached hydrogens (primary N) is 2. The van der Waals surface area contributed by atoms with Gasteiger partial charge in [0, 0.05) is 37.6 Å². The van der Waals surface area contributed by atoms with Crippen molar-refractivity contribution < 1.29 is 9.47 Å². The van der Waals surface area contributed by atoms with Crippen molar-refractivity contribution in [3.8, 4) is 0 Å². The topological polar surface area (TPSA) is 102 Å². The predicted octanol–water partition coefficient (Wildman–Crippen LogP) is 2.45. The van der Waals surface area contributed by atoms with Gasteiger partial charge in [0.15, 0.2) is 0 Å². The number of rotatable bonds is 8. The molecule has 0 bridgehead atoms. The van der Waals surface area contributed by atoms with E-state index in [2.05, 4.69) is 57.9 Å². The van der Waals surface area contributed by atoms with Gasteiger partial charge >= 0.3 is 0 Å². The normalized spacial score (nSPS) is 19.1. The number of hydrogen-bond acceptors (Lipinski definition) is 8. The molecule has 0 aliphatic carbocycles. The van der Waals surface area contributed by atoms with E-state index >= 15 is 0 Å². The smallest absolute Gasteiger partial charge is 0.282 e. The summed E-state index contributed by atoms with van der Waals surface area (Å²) in [7, 11) is 0. The minimum Gasteiger partial charge on any atom is -0.463 e. The van der Waals surface area contributed by atoms with E-state index in [0.29, 0.717) is 25.3 Å². The molecule has 0 amide bonds. The Hall–Kier alpha value is -3.42. The first-order valence-corrected chi connectivity index (χ1v) is 11.1. The molecule has 2 aliphatic rings. The molecular formula is C24H34N6O2. The van der Waals surface area contributed by atoms with Gasteiger partial charge in [0.05, 0.1) is 0 Å². The van der Waals surface area contributed by atoms with Crippen LogP contribution in [0.5, 0.6) is 0 Å². The van der Waals surface area contributed by atoms with E-state index in [1.54, 1.807) is 0 Å². The van der Waals surface area contributed by atoms with Crippen LogP contribution in [0.25, 0.3) is 0 Å². The van der Waals surface area contributed by atoms with Gasteiger partial charge in [0.2, 0.25) is 0 Å². The molecule has 32 heavy (non-hydrogen) atoms. The second kappa shape index (κ2) is 11.8. The SMILES string of the molecule is CCN(C[C@@H]1COC(N)=N1)c1ccccc1.CCN(C[C@H]1COC(N)=N1)c1ccccc1. The summed E-state index contributed by atoms with van der Waals surface area (Å²) in [5.41, 5.74) is 13.4. The molecule has 2 aromatic rings. The summed E-state index contributed by atoms with van der Waals surface area (Å²) >= 11 is 0. The van der Waals surface area contributed by atoms with E-state index in [1.165, 1.54) is 11.4 Å². The van der Waals surface area contributed by atoms with Gasteiger partial charge in [-0.15, -0.1) is 0 Å². The summed E-state index contributed by atoms with van der Waals surface area (Å²) in [6.07, 6.45) is 0. The van der Waals surface area contributed by atoms with Gasteiger partial charge in [-0.2, -0.15) is 0 Å². The van der Waals surface area contributed by atoms with Crippen LogP contribution in [0.4, 0.5) is 11.4 Å². The molecule has 8 heteroatoms. The maximum absolute atomic E-state index is 5.49. The summed E-state index contributed by atoms with van der Waals surface area (Å²) in [6.45, 7) is 9.06. The fourth-order valence-electron chi connectivity index (χ4n) is 3.68. The lowest BCUT2D eigenvalue weighted by molar-refractivity contribution is 0.313. The Morgan fingerprint density at radius 3 is 1.38 bits per heavy atom. The van der Waals surface area contributed by atoms with Crippen molar-refractivity contribution in [1.29, 1.82) is 0 Å². The molecule has 0 saturated heterocycles. The summed E-state index contributed by atoms with van der Waals surface area (Å²) < 4.78 is 10.3. The van der Waals surface area contributed by atoms with Crippen LogP contribution in [0.15, 0.2) is 70.6 Å². The minimum atomic E-state index is 0.153. The van der Waals surface area contributed by atoms with Crippen LogP contribution in [-0.2, 0) is 9.47 Å². The Kier molecular flexibility index (Phi) is 8.60. The third-order valence-electron chi connectivity index (χ3n) is 5.34. The van der Waals surface area contributed by atoms with Crippen LogP contribution in [0.1, 0.15) is 13.8 Å². The van der Waals surface area contributed by atoms with Crippen molar-refractivity contribution in [3.63, 3.8) is 0 Å². The zero-order chi connectivity index (χ0) is 22.8. The maximum Gasteiger partial charge on any atom is 0.282 e. The minimum absolute atomic E-state index is 0.153. The Morgan fingerprint density at radius 1 is 0.719 bits per heavy atom. The van der Waals surface area contributed by atoms with Crippen molar-refractivity contribution in [2.24, 2.45) is 21.5 Å².